The lowest BCUT2D eigenvalue weighted by molar-refractivity contribution is 0.780. The summed E-state index contributed by atoms with van der Waals surface area (Å²) in [4.78, 5) is 27.8. The lowest BCUT2D eigenvalue weighted by Gasteiger charge is -2.20. The molecule has 0 saturated carbocycles. The van der Waals surface area contributed by atoms with E-state index in [-0.39, 0.29) is 11.1 Å². The molecular weight excluding hydrogens is 420 g/mol. The number of rotatable bonds is 2. The molecule has 0 fully saturated rings. The molecule has 4 nitrogen and oxygen atoms in total. The van der Waals surface area contributed by atoms with Crippen LogP contribution < -0.4 is 11.1 Å². The van der Waals surface area contributed by atoms with Crippen LogP contribution in [0.1, 0.15) is 11.1 Å². The molecule has 34 heavy (non-hydrogen) atoms. The van der Waals surface area contributed by atoms with Crippen molar-refractivity contribution < 1.29 is 0 Å². The number of hydrogen-bond donors (Lipinski definition) is 0. The van der Waals surface area contributed by atoms with Crippen molar-refractivity contribution >= 4 is 21.7 Å². The zero-order valence-electron chi connectivity index (χ0n) is 18.9. The minimum absolute atomic E-state index is 0.213. The van der Waals surface area contributed by atoms with E-state index < -0.39 is 0 Å². The van der Waals surface area contributed by atoms with E-state index in [1.54, 1.807) is 28.8 Å². The van der Waals surface area contributed by atoms with Crippen molar-refractivity contribution in [2.24, 2.45) is 0 Å². The van der Waals surface area contributed by atoms with Gasteiger partial charge >= 0.3 is 0 Å². The minimum Gasteiger partial charge on any atom is -0.267 e. The summed E-state index contributed by atoms with van der Waals surface area (Å²) in [5.41, 5.74) is 6.05. The maximum Gasteiger partial charge on any atom is 0.278 e. The van der Waals surface area contributed by atoms with Crippen LogP contribution in [-0.4, -0.2) is 9.03 Å². The largest absolute Gasteiger partial charge is 0.278 e. The normalized spacial score (nSPS) is 11.5. The molecule has 164 valence electrons. The fourth-order valence-electron chi connectivity index (χ4n) is 4.78. The Hall–Kier alpha value is -4.44. The fraction of sp³-hybridized carbons (Fsp3) is 0.0667. The van der Waals surface area contributed by atoms with Crippen LogP contribution in [0.2, 0.25) is 0 Å². The van der Waals surface area contributed by atoms with Crippen molar-refractivity contribution in [2.45, 2.75) is 13.8 Å². The highest BCUT2D eigenvalue weighted by Gasteiger charge is 2.21. The van der Waals surface area contributed by atoms with Gasteiger partial charge < -0.3 is 0 Å². The first-order valence-electron chi connectivity index (χ1n) is 11.3. The third-order valence-corrected chi connectivity index (χ3v) is 6.49. The zero-order chi connectivity index (χ0) is 23.4. The molecular formula is C30H22N2O2. The van der Waals surface area contributed by atoms with Crippen LogP contribution in [0, 0.1) is 13.8 Å². The van der Waals surface area contributed by atoms with Gasteiger partial charge in [-0.25, -0.2) is 9.03 Å². The van der Waals surface area contributed by atoms with Crippen LogP contribution >= 0.6 is 0 Å². The predicted octanol–water partition coefficient (Wildman–Crippen LogP) is 6.02. The number of aromatic nitrogens is 2. The first kappa shape index (κ1) is 20.2. The Bertz CT molecular complexity index is 1840. The molecule has 0 spiro atoms. The Morgan fingerprint density at radius 2 is 0.971 bits per heavy atom. The summed E-state index contributed by atoms with van der Waals surface area (Å²) < 4.78 is 3.10. The molecule has 0 radical (unpaired) electrons. The number of aryl methyl sites for hydroxylation is 2. The van der Waals surface area contributed by atoms with E-state index in [4.69, 9.17) is 0 Å². The van der Waals surface area contributed by atoms with Crippen LogP contribution in [0.4, 0.5) is 0 Å². The third-order valence-electron chi connectivity index (χ3n) is 6.49. The van der Waals surface area contributed by atoms with E-state index in [1.807, 2.05) is 55.5 Å². The Morgan fingerprint density at radius 1 is 0.500 bits per heavy atom. The second-order valence-corrected chi connectivity index (χ2v) is 8.75. The second kappa shape index (κ2) is 7.56. The molecule has 2 aromatic heterocycles. The topological polar surface area (TPSA) is 43.0 Å². The number of para-hydroxylation sites is 1. The summed E-state index contributed by atoms with van der Waals surface area (Å²) in [6.07, 6.45) is 0. The molecule has 4 heteroatoms. The van der Waals surface area contributed by atoms with Gasteiger partial charge in [0.2, 0.25) is 0 Å². The van der Waals surface area contributed by atoms with Gasteiger partial charge in [-0.3, -0.25) is 9.59 Å². The van der Waals surface area contributed by atoms with Crippen LogP contribution in [-0.2, 0) is 0 Å². The van der Waals surface area contributed by atoms with E-state index in [9.17, 15) is 9.59 Å². The van der Waals surface area contributed by atoms with E-state index >= 15 is 0 Å². The maximum absolute atomic E-state index is 14.0. The Balaban J connectivity index is 1.97. The van der Waals surface area contributed by atoms with Gasteiger partial charge in [0.15, 0.2) is 0 Å². The SMILES string of the molecule is Cc1ccc(-c2c(-c3ccc(C)cc3)n3c(=O)c4ccccc4c(=O)n3c3ccccc23)cc1. The summed E-state index contributed by atoms with van der Waals surface area (Å²) >= 11 is 0. The van der Waals surface area contributed by atoms with Crippen molar-refractivity contribution in [3.8, 4) is 22.4 Å². The molecule has 0 bridgehead atoms. The van der Waals surface area contributed by atoms with Gasteiger partial charge in [-0.2, -0.15) is 0 Å². The summed E-state index contributed by atoms with van der Waals surface area (Å²) in [5, 5.41) is 1.75. The molecule has 6 rings (SSSR count). The molecule has 0 aliphatic carbocycles. The second-order valence-electron chi connectivity index (χ2n) is 8.75. The van der Waals surface area contributed by atoms with Crippen LogP contribution in [0.5, 0.6) is 0 Å². The van der Waals surface area contributed by atoms with Crippen molar-refractivity contribution in [2.75, 3.05) is 0 Å². The molecule has 0 amide bonds. The highest BCUT2D eigenvalue weighted by Crippen LogP contribution is 2.37. The van der Waals surface area contributed by atoms with Gasteiger partial charge in [-0.15, -0.1) is 0 Å². The number of nitrogens with zero attached hydrogens (tertiary/aromatic N) is 2. The molecule has 0 aliphatic heterocycles. The Morgan fingerprint density at radius 3 is 1.56 bits per heavy atom. The van der Waals surface area contributed by atoms with Gasteiger partial charge in [0.1, 0.15) is 0 Å². The predicted molar refractivity (Wildman–Crippen MR) is 139 cm³/mol. The summed E-state index contributed by atoms with van der Waals surface area (Å²) in [6, 6.07) is 31.2. The van der Waals surface area contributed by atoms with Crippen LogP contribution in [0.15, 0.2) is 107 Å². The highest BCUT2D eigenvalue weighted by atomic mass is 16.2. The van der Waals surface area contributed by atoms with Gasteiger partial charge in [-0.05, 0) is 37.6 Å². The van der Waals surface area contributed by atoms with Crippen molar-refractivity contribution in [3.05, 3.63) is 129 Å². The summed E-state index contributed by atoms with van der Waals surface area (Å²) in [6.45, 7) is 4.09. The molecule has 0 unspecified atom stereocenters. The molecule has 0 atom stereocenters. The maximum atomic E-state index is 14.0. The van der Waals surface area contributed by atoms with Crippen molar-refractivity contribution in [1.82, 2.24) is 9.03 Å². The third kappa shape index (κ3) is 2.92. The average molecular weight is 443 g/mol. The number of hydrogen-bond acceptors (Lipinski definition) is 2. The van der Waals surface area contributed by atoms with Gasteiger partial charge in [-0.1, -0.05) is 90.0 Å². The molecule has 4 aromatic carbocycles. The minimum atomic E-state index is -0.218. The quantitative estimate of drug-likeness (QED) is 0.243. The molecule has 2 heterocycles. The Kier molecular flexibility index (Phi) is 4.49. The van der Waals surface area contributed by atoms with E-state index in [2.05, 4.69) is 31.2 Å². The smallest absolute Gasteiger partial charge is 0.267 e. The Labute approximate surface area is 196 Å². The molecule has 0 N–H and O–H groups in total. The van der Waals surface area contributed by atoms with Gasteiger partial charge in [0.05, 0.1) is 22.0 Å². The van der Waals surface area contributed by atoms with Crippen LogP contribution in [0.25, 0.3) is 44.1 Å². The molecule has 0 saturated heterocycles. The lowest BCUT2D eigenvalue weighted by Crippen LogP contribution is -2.32. The van der Waals surface area contributed by atoms with E-state index in [0.717, 1.165) is 33.2 Å². The van der Waals surface area contributed by atoms with Gasteiger partial charge in [0, 0.05) is 16.5 Å². The number of benzene rings is 4. The summed E-state index contributed by atoms with van der Waals surface area (Å²) in [7, 11) is 0. The van der Waals surface area contributed by atoms with Gasteiger partial charge in [0.25, 0.3) is 11.1 Å². The fourth-order valence-corrected chi connectivity index (χ4v) is 4.78. The van der Waals surface area contributed by atoms with Crippen molar-refractivity contribution in [3.63, 3.8) is 0 Å². The lowest BCUT2D eigenvalue weighted by atomic mass is 9.94. The monoisotopic (exact) mass is 442 g/mol. The highest BCUT2D eigenvalue weighted by molar-refractivity contribution is 6.01. The van der Waals surface area contributed by atoms with E-state index in [0.29, 0.717) is 22.0 Å². The zero-order valence-corrected chi connectivity index (χ0v) is 18.9. The van der Waals surface area contributed by atoms with E-state index in [1.165, 1.54) is 4.52 Å². The van der Waals surface area contributed by atoms with Crippen LogP contribution in [0.3, 0.4) is 0 Å². The summed E-state index contributed by atoms with van der Waals surface area (Å²) in [5.74, 6) is 0. The standard InChI is InChI=1S/C30H22N2O2/c1-19-11-15-21(16-12-19)27-25-9-5-6-10-26(25)31-29(33)23-7-3-4-8-24(23)30(34)32(31)28(27)22-17-13-20(2)14-18-22/h3-18H,1-2H3. The average Bonchev–Trinajstić information content (AvgIpc) is 2.87. The van der Waals surface area contributed by atoms with Crippen molar-refractivity contribution in [1.29, 1.82) is 0 Å². The molecule has 0 aliphatic rings. The first-order chi connectivity index (χ1) is 16.5. The molecule has 6 aromatic rings. The first-order valence-corrected chi connectivity index (χ1v) is 11.3. The number of fused-ring (bicyclic) bond motifs is 4.